The van der Waals surface area contributed by atoms with E-state index < -0.39 is 6.04 Å². The Labute approximate surface area is 248 Å². The number of amidine groups is 1. The molecule has 41 heavy (non-hydrogen) atoms. The summed E-state index contributed by atoms with van der Waals surface area (Å²) < 4.78 is 0.538. The van der Waals surface area contributed by atoms with E-state index in [1.54, 1.807) is 11.1 Å². The van der Waals surface area contributed by atoms with Crippen molar-refractivity contribution >= 4 is 51.0 Å². The highest BCUT2D eigenvalue weighted by molar-refractivity contribution is 9.12. The quantitative estimate of drug-likeness (QED) is 0.0732. The fourth-order valence-electron chi connectivity index (χ4n) is 4.07. The van der Waals surface area contributed by atoms with Crippen LogP contribution in [0.25, 0.3) is 0 Å². The van der Waals surface area contributed by atoms with E-state index in [0.717, 1.165) is 37.2 Å². The van der Waals surface area contributed by atoms with Gasteiger partial charge in [-0.2, -0.15) is 5.53 Å². The number of nitrogens with two attached hydrogens (primary N) is 1. The van der Waals surface area contributed by atoms with Gasteiger partial charge < -0.3 is 37.4 Å². The lowest BCUT2D eigenvalue weighted by Crippen LogP contribution is -2.47. The number of anilines is 2. The highest BCUT2D eigenvalue weighted by Gasteiger charge is 2.19. The van der Waals surface area contributed by atoms with Crippen LogP contribution in [-0.4, -0.2) is 60.8 Å². The average Bonchev–Trinajstić information content (AvgIpc) is 3.50. The van der Waals surface area contributed by atoms with Crippen LogP contribution in [0.2, 0.25) is 0 Å². The van der Waals surface area contributed by atoms with Gasteiger partial charge in [-0.3, -0.25) is 14.6 Å². The summed E-state index contributed by atoms with van der Waals surface area (Å²) in [5.41, 5.74) is 17.1. The fraction of sp³-hybridized carbons (Fsp3) is 0.357. The summed E-state index contributed by atoms with van der Waals surface area (Å²) in [4.78, 5) is 42.6. The van der Waals surface area contributed by atoms with Gasteiger partial charge in [0.25, 0.3) is 0 Å². The molecule has 0 saturated carbocycles. The SMILES string of the molecule is CC(=O)NC(Cc1ccccc1)C(=O)NCCCN=C(N)/C(Br)=C\NNNc1cccc(NC(=O)N2CCCC2)c1. The topological polar surface area (TPSA) is 165 Å². The van der Waals surface area contributed by atoms with Crippen molar-refractivity contribution in [2.24, 2.45) is 10.7 Å². The lowest BCUT2D eigenvalue weighted by atomic mass is 10.1. The standard InChI is InChI=1S/C28H38BrN9O3/c1-20(39)34-25(17-21-9-3-2-4-10-21)27(40)32-14-8-13-31-26(30)24(29)19-33-37-36-23-12-7-11-22(18-23)35-28(41)38-15-5-6-16-38/h2-4,7,9-12,18-19,25,33,36-37H,5-6,8,13-17H2,1H3,(H2,30,31)(H,32,40)(H,34,39)(H,35,41)/b24-19+. The van der Waals surface area contributed by atoms with Crippen LogP contribution in [-0.2, 0) is 16.0 Å². The molecule has 12 nitrogen and oxygen atoms in total. The summed E-state index contributed by atoms with van der Waals surface area (Å²) in [5, 5.41) is 8.47. The van der Waals surface area contributed by atoms with Crippen LogP contribution in [0.15, 0.2) is 70.3 Å². The Morgan fingerprint density at radius 3 is 2.54 bits per heavy atom. The Kier molecular flexibility index (Phi) is 12.9. The maximum absolute atomic E-state index is 12.6. The number of halogens is 1. The Balaban J connectivity index is 1.35. The van der Waals surface area contributed by atoms with Crippen molar-refractivity contribution in [3.05, 3.63) is 70.8 Å². The third kappa shape index (κ3) is 11.5. The number of rotatable bonds is 14. The van der Waals surface area contributed by atoms with Crippen molar-refractivity contribution < 1.29 is 14.4 Å². The van der Waals surface area contributed by atoms with Gasteiger partial charge in [0.15, 0.2) is 0 Å². The molecule has 13 heteroatoms. The zero-order valence-electron chi connectivity index (χ0n) is 23.1. The first kappa shape index (κ1) is 31.4. The molecule has 8 N–H and O–H groups in total. The number of likely N-dealkylation sites (tertiary alicyclic amines) is 1. The molecule has 0 spiro atoms. The second-order valence-corrected chi connectivity index (χ2v) is 10.3. The average molecular weight is 629 g/mol. The van der Waals surface area contributed by atoms with Crippen molar-refractivity contribution in [3.8, 4) is 0 Å². The minimum absolute atomic E-state index is 0.0908. The van der Waals surface area contributed by atoms with E-state index in [9.17, 15) is 14.4 Å². The molecule has 1 saturated heterocycles. The normalized spacial score (nSPS) is 14.2. The van der Waals surface area contributed by atoms with E-state index in [1.165, 1.54) is 6.92 Å². The predicted octanol–water partition coefficient (Wildman–Crippen LogP) is 2.58. The maximum Gasteiger partial charge on any atom is 0.321 e. The number of nitrogens with one attached hydrogen (secondary N) is 6. The van der Waals surface area contributed by atoms with Crippen LogP contribution >= 0.6 is 15.9 Å². The van der Waals surface area contributed by atoms with E-state index in [1.807, 2.05) is 54.6 Å². The fourth-order valence-corrected chi connectivity index (χ4v) is 4.31. The molecular weight excluding hydrogens is 590 g/mol. The van der Waals surface area contributed by atoms with E-state index >= 15 is 0 Å². The molecule has 1 aliphatic heterocycles. The predicted molar refractivity (Wildman–Crippen MR) is 165 cm³/mol. The zero-order chi connectivity index (χ0) is 29.5. The number of hydrazine groups is 2. The molecule has 1 fully saturated rings. The third-order valence-electron chi connectivity index (χ3n) is 6.12. The number of hydrogen-bond acceptors (Lipinski definition) is 7. The largest absolute Gasteiger partial charge is 0.383 e. The van der Waals surface area contributed by atoms with Gasteiger partial charge in [-0.05, 0) is 59.0 Å². The summed E-state index contributed by atoms with van der Waals surface area (Å²) >= 11 is 3.38. The number of hydrogen-bond donors (Lipinski definition) is 7. The number of amides is 4. The number of carbonyl (C=O) groups is 3. The molecule has 2 aromatic rings. The Morgan fingerprint density at radius 2 is 1.80 bits per heavy atom. The molecule has 4 amide bonds. The summed E-state index contributed by atoms with van der Waals surface area (Å²) in [7, 11) is 0. The zero-order valence-corrected chi connectivity index (χ0v) is 24.7. The molecule has 1 heterocycles. The maximum atomic E-state index is 12.6. The molecule has 1 atom stereocenters. The minimum atomic E-state index is -0.649. The van der Waals surface area contributed by atoms with E-state index in [2.05, 4.69) is 53.3 Å². The van der Waals surface area contributed by atoms with E-state index in [4.69, 9.17) is 5.73 Å². The van der Waals surface area contributed by atoms with Gasteiger partial charge in [-0.25, -0.2) is 4.79 Å². The van der Waals surface area contributed by atoms with E-state index in [0.29, 0.717) is 36.1 Å². The number of benzene rings is 2. The molecule has 0 bridgehead atoms. The third-order valence-corrected chi connectivity index (χ3v) is 6.76. The summed E-state index contributed by atoms with van der Waals surface area (Å²) in [5.74, 6) is -0.217. The number of carbonyl (C=O) groups excluding carboxylic acids is 3. The summed E-state index contributed by atoms with van der Waals surface area (Å²) in [6.07, 6.45) is 4.65. The number of nitrogens with zero attached hydrogens (tertiary/aromatic N) is 2. The molecule has 220 valence electrons. The van der Waals surface area contributed by atoms with Crippen LogP contribution in [0.3, 0.4) is 0 Å². The summed E-state index contributed by atoms with van der Waals surface area (Å²) in [6.45, 7) is 3.76. The highest BCUT2D eigenvalue weighted by atomic mass is 79.9. The molecule has 1 unspecified atom stereocenters. The second-order valence-electron chi connectivity index (χ2n) is 9.45. The van der Waals surface area contributed by atoms with Gasteiger partial charge in [0.05, 0.1) is 10.2 Å². The molecular formula is C28H38BrN9O3. The van der Waals surface area contributed by atoms with Crippen molar-refractivity contribution in [1.29, 1.82) is 0 Å². The smallest absolute Gasteiger partial charge is 0.321 e. The van der Waals surface area contributed by atoms with Crippen LogP contribution < -0.4 is 38.1 Å². The van der Waals surface area contributed by atoms with Gasteiger partial charge in [0.2, 0.25) is 11.8 Å². The van der Waals surface area contributed by atoms with Crippen LogP contribution in [0.5, 0.6) is 0 Å². The van der Waals surface area contributed by atoms with Crippen molar-refractivity contribution in [2.75, 3.05) is 36.9 Å². The molecule has 0 aliphatic carbocycles. The molecule has 2 aromatic carbocycles. The lowest BCUT2D eigenvalue weighted by molar-refractivity contribution is -0.128. The Morgan fingerprint density at radius 1 is 1.07 bits per heavy atom. The van der Waals surface area contributed by atoms with Gasteiger partial charge in [-0.15, -0.1) is 0 Å². The van der Waals surface area contributed by atoms with Crippen LogP contribution in [0, 0.1) is 0 Å². The van der Waals surface area contributed by atoms with Gasteiger partial charge in [-0.1, -0.05) is 36.4 Å². The van der Waals surface area contributed by atoms with Gasteiger partial charge in [0, 0.05) is 51.4 Å². The second kappa shape index (κ2) is 16.9. The summed E-state index contributed by atoms with van der Waals surface area (Å²) in [6, 6.07) is 16.1. The van der Waals surface area contributed by atoms with E-state index in [-0.39, 0.29) is 23.7 Å². The first-order valence-electron chi connectivity index (χ1n) is 13.5. The van der Waals surface area contributed by atoms with Gasteiger partial charge >= 0.3 is 6.03 Å². The van der Waals surface area contributed by atoms with Gasteiger partial charge in [0.1, 0.15) is 11.9 Å². The highest BCUT2D eigenvalue weighted by Crippen LogP contribution is 2.16. The van der Waals surface area contributed by atoms with Crippen LogP contribution in [0.4, 0.5) is 16.2 Å². The molecule has 1 aliphatic rings. The minimum Gasteiger partial charge on any atom is -0.383 e. The molecule has 3 rings (SSSR count). The lowest BCUT2D eigenvalue weighted by Gasteiger charge is -2.17. The van der Waals surface area contributed by atoms with Crippen molar-refractivity contribution in [3.63, 3.8) is 0 Å². The molecule has 0 radical (unpaired) electrons. The Bertz CT molecular complexity index is 1220. The van der Waals surface area contributed by atoms with Crippen molar-refractivity contribution in [1.82, 2.24) is 26.5 Å². The van der Waals surface area contributed by atoms with Crippen molar-refractivity contribution in [2.45, 2.75) is 38.6 Å². The molecule has 0 aromatic heterocycles. The first-order chi connectivity index (χ1) is 19.8. The van der Waals surface area contributed by atoms with Crippen LogP contribution in [0.1, 0.15) is 31.7 Å². The first-order valence-corrected chi connectivity index (χ1v) is 14.3. The monoisotopic (exact) mass is 627 g/mol. The Hall–Kier alpha value is -4.10. The number of aliphatic imine (C=N–C) groups is 1. The number of urea groups is 1.